The molecule has 2 aromatic carbocycles. The highest BCUT2D eigenvalue weighted by atomic mass is 16.5. The molecular weight excluding hydrogens is 398 g/mol. The molecule has 0 atom stereocenters. The van der Waals surface area contributed by atoms with E-state index in [1.54, 1.807) is 14.2 Å². The molecule has 1 aliphatic rings. The largest absolute Gasteiger partial charge is 0.497 e. The van der Waals surface area contributed by atoms with E-state index in [2.05, 4.69) is 58.9 Å². The van der Waals surface area contributed by atoms with Crippen LogP contribution in [0.4, 0.5) is 5.69 Å². The van der Waals surface area contributed by atoms with Gasteiger partial charge in [-0.25, -0.2) is 4.98 Å². The fraction of sp³-hybridized carbons (Fsp3) is 0.296. The molecule has 0 N–H and O–H groups in total. The normalized spacial score (nSPS) is 14.7. The first-order chi connectivity index (χ1) is 15.6. The molecule has 2 aromatic heterocycles. The Morgan fingerprint density at radius 1 is 0.812 bits per heavy atom. The minimum Gasteiger partial charge on any atom is -0.497 e. The van der Waals surface area contributed by atoms with Crippen LogP contribution in [0.2, 0.25) is 0 Å². The van der Waals surface area contributed by atoms with Crippen molar-refractivity contribution in [3.63, 3.8) is 0 Å². The Hall–Kier alpha value is -3.47. The third-order valence-electron chi connectivity index (χ3n) is 6.47. The second-order valence-corrected chi connectivity index (χ2v) is 8.60. The van der Waals surface area contributed by atoms with Gasteiger partial charge in [-0.15, -0.1) is 0 Å². The summed E-state index contributed by atoms with van der Waals surface area (Å²) in [5.74, 6) is 2.50. The number of anilines is 1. The fourth-order valence-corrected chi connectivity index (χ4v) is 4.41. The van der Waals surface area contributed by atoms with Crippen LogP contribution in [0.1, 0.15) is 19.8 Å². The summed E-state index contributed by atoms with van der Waals surface area (Å²) in [4.78, 5) is 7.53. The molecule has 0 unspecified atom stereocenters. The number of aromatic nitrogens is 2. The highest BCUT2D eigenvalue weighted by Crippen LogP contribution is 2.33. The number of ether oxygens (including phenoxy) is 2. The lowest BCUT2D eigenvalue weighted by Crippen LogP contribution is -2.32. The van der Waals surface area contributed by atoms with Crippen LogP contribution in [-0.2, 0) is 0 Å². The lowest BCUT2D eigenvalue weighted by Gasteiger charge is -2.32. The Labute approximate surface area is 189 Å². The quantitative estimate of drug-likeness (QED) is 0.396. The summed E-state index contributed by atoms with van der Waals surface area (Å²) in [6.07, 6.45) is 6.81. The summed E-state index contributed by atoms with van der Waals surface area (Å²) >= 11 is 0. The number of benzene rings is 2. The maximum Gasteiger partial charge on any atom is 0.145 e. The van der Waals surface area contributed by atoms with Crippen molar-refractivity contribution in [2.45, 2.75) is 19.8 Å². The Morgan fingerprint density at radius 2 is 1.41 bits per heavy atom. The van der Waals surface area contributed by atoms with Gasteiger partial charge in [0.2, 0.25) is 0 Å². The maximum absolute atomic E-state index is 5.36. The number of hydrogen-bond acceptors (Lipinski definition) is 4. The van der Waals surface area contributed by atoms with Gasteiger partial charge in [-0.3, -0.25) is 0 Å². The molecule has 164 valence electrons. The standard InChI is InChI=1S/C27H29N3O2/c1-19-12-14-29(15-13-19)22-16-25(20-4-8-23(31-2)9-5-20)27-28-26(18-30(27)17-22)21-6-10-24(32-3)11-7-21/h4-11,16-19H,12-15H2,1-3H3. The molecular formula is C27H29N3O2. The summed E-state index contributed by atoms with van der Waals surface area (Å²) in [5.41, 5.74) is 6.48. The summed E-state index contributed by atoms with van der Waals surface area (Å²) in [5, 5.41) is 0. The number of fused-ring (bicyclic) bond motifs is 1. The molecule has 5 rings (SSSR count). The van der Waals surface area contributed by atoms with Gasteiger partial charge in [0.05, 0.1) is 25.6 Å². The number of piperidine rings is 1. The van der Waals surface area contributed by atoms with Gasteiger partial charge in [0.1, 0.15) is 17.1 Å². The van der Waals surface area contributed by atoms with Gasteiger partial charge in [0.25, 0.3) is 0 Å². The molecule has 0 amide bonds. The Kier molecular flexibility index (Phi) is 5.48. The first-order valence-corrected chi connectivity index (χ1v) is 11.2. The van der Waals surface area contributed by atoms with E-state index < -0.39 is 0 Å². The molecule has 0 spiro atoms. The van der Waals surface area contributed by atoms with E-state index in [1.165, 1.54) is 18.5 Å². The Morgan fingerprint density at radius 3 is 2.00 bits per heavy atom. The van der Waals surface area contributed by atoms with Gasteiger partial charge in [0, 0.05) is 36.6 Å². The minimum absolute atomic E-state index is 0.797. The monoisotopic (exact) mass is 427 g/mol. The lowest BCUT2D eigenvalue weighted by atomic mass is 9.98. The van der Waals surface area contributed by atoms with Crippen LogP contribution in [-0.4, -0.2) is 36.7 Å². The van der Waals surface area contributed by atoms with Crippen molar-refractivity contribution >= 4 is 11.3 Å². The molecule has 1 aliphatic heterocycles. The topological polar surface area (TPSA) is 39.0 Å². The van der Waals surface area contributed by atoms with Crippen molar-refractivity contribution in [1.29, 1.82) is 0 Å². The third kappa shape index (κ3) is 3.91. The highest BCUT2D eigenvalue weighted by molar-refractivity contribution is 5.83. The van der Waals surface area contributed by atoms with Crippen molar-refractivity contribution < 1.29 is 9.47 Å². The molecule has 0 bridgehead atoms. The molecule has 0 saturated carbocycles. The number of methoxy groups -OCH3 is 2. The van der Waals surface area contributed by atoms with Crippen molar-refractivity contribution in [3.8, 4) is 33.9 Å². The van der Waals surface area contributed by atoms with Gasteiger partial charge in [-0.1, -0.05) is 19.1 Å². The van der Waals surface area contributed by atoms with Crippen molar-refractivity contribution in [1.82, 2.24) is 9.38 Å². The van der Waals surface area contributed by atoms with Crippen LogP contribution in [0.5, 0.6) is 11.5 Å². The van der Waals surface area contributed by atoms with Crippen LogP contribution in [0.15, 0.2) is 67.0 Å². The second-order valence-electron chi connectivity index (χ2n) is 8.60. The van der Waals surface area contributed by atoms with Crippen LogP contribution < -0.4 is 14.4 Å². The van der Waals surface area contributed by atoms with Gasteiger partial charge >= 0.3 is 0 Å². The fourth-order valence-electron chi connectivity index (χ4n) is 4.41. The van der Waals surface area contributed by atoms with E-state index in [0.29, 0.717) is 0 Å². The molecule has 4 aromatic rings. The number of pyridine rings is 1. The molecule has 32 heavy (non-hydrogen) atoms. The number of imidazole rings is 1. The Bertz CT molecular complexity index is 1200. The van der Waals surface area contributed by atoms with Crippen molar-refractivity contribution in [2.75, 3.05) is 32.2 Å². The average molecular weight is 428 g/mol. The SMILES string of the molecule is COc1ccc(-c2cn3cc(N4CCC(C)CC4)cc(-c4ccc(OC)cc4)c3n2)cc1. The van der Waals surface area contributed by atoms with Crippen LogP contribution in [0.3, 0.4) is 0 Å². The summed E-state index contributed by atoms with van der Waals surface area (Å²) in [7, 11) is 3.38. The number of nitrogens with zero attached hydrogens (tertiary/aromatic N) is 3. The van der Waals surface area contributed by atoms with Gasteiger partial charge in [0.15, 0.2) is 0 Å². The van der Waals surface area contributed by atoms with Gasteiger partial charge < -0.3 is 18.8 Å². The van der Waals surface area contributed by atoms with E-state index in [-0.39, 0.29) is 0 Å². The summed E-state index contributed by atoms with van der Waals surface area (Å²) in [6.45, 7) is 4.53. The highest BCUT2D eigenvalue weighted by Gasteiger charge is 2.19. The van der Waals surface area contributed by atoms with Crippen LogP contribution in [0.25, 0.3) is 28.0 Å². The Balaban J connectivity index is 1.62. The van der Waals surface area contributed by atoms with E-state index in [0.717, 1.165) is 58.5 Å². The molecule has 1 fully saturated rings. The molecule has 5 nitrogen and oxygen atoms in total. The van der Waals surface area contributed by atoms with Crippen molar-refractivity contribution in [3.05, 3.63) is 67.0 Å². The van der Waals surface area contributed by atoms with Crippen LogP contribution >= 0.6 is 0 Å². The second kappa shape index (κ2) is 8.58. The zero-order valence-corrected chi connectivity index (χ0v) is 18.9. The smallest absolute Gasteiger partial charge is 0.145 e. The summed E-state index contributed by atoms with van der Waals surface area (Å²) in [6, 6.07) is 18.6. The predicted octanol–water partition coefficient (Wildman–Crippen LogP) is 5.92. The lowest BCUT2D eigenvalue weighted by molar-refractivity contribution is 0.415. The zero-order chi connectivity index (χ0) is 22.1. The predicted molar refractivity (Wildman–Crippen MR) is 130 cm³/mol. The molecule has 3 heterocycles. The molecule has 0 radical (unpaired) electrons. The van der Waals surface area contributed by atoms with Gasteiger partial charge in [-0.2, -0.15) is 0 Å². The number of hydrogen-bond donors (Lipinski definition) is 0. The first kappa shape index (κ1) is 20.4. The minimum atomic E-state index is 0.797. The van der Waals surface area contributed by atoms with Gasteiger partial charge in [-0.05, 0) is 66.8 Å². The third-order valence-corrected chi connectivity index (χ3v) is 6.47. The van der Waals surface area contributed by atoms with Crippen LogP contribution in [0, 0.1) is 5.92 Å². The molecule has 5 heteroatoms. The van der Waals surface area contributed by atoms with Crippen molar-refractivity contribution in [2.24, 2.45) is 5.92 Å². The van der Waals surface area contributed by atoms with E-state index >= 15 is 0 Å². The molecule has 1 saturated heterocycles. The zero-order valence-electron chi connectivity index (χ0n) is 18.9. The summed E-state index contributed by atoms with van der Waals surface area (Å²) < 4.78 is 12.8. The first-order valence-electron chi connectivity index (χ1n) is 11.2. The maximum atomic E-state index is 5.36. The van der Waals surface area contributed by atoms with E-state index in [4.69, 9.17) is 14.5 Å². The molecule has 0 aliphatic carbocycles. The van der Waals surface area contributed by atoms with E-state index in [1.807, 2.05) is 24.3 Å². The van der Waals surface area contributed by atoms with E-state index in [9.17, 15) is 0 Å². The average Bonchev–Trinajstić information content (AvgIpc) is 3.28. The number of rotatable bonds is 5.